The minimum Gasteiger partial charge on any atom is -0.512 e. The van der Waals surface area contributed by atoms with Crippen LogP contribution in [0, 0.1) is 49.7 Å². The van der Waals surface area contributed by atoms with Crippen LogP contribution in [0.2, 0.25) is 0 Å². The summed E-state index contributed by atoms with van der Waals surface area (Å²) in [6.45, 7) is 28.5. The summed E-state index contributed by atoms with van der Waals surface area (Å²) in [5.41, 5.74) is 10.1. The van der Waals surface area contributed by atoms with Gasteiger partial charge in [0.2, 0.25) is 0 Å². The number of ketones is 1. The van der Waals surface area contributed by atoms with Crippen molar-refractivity contribution < 1.29 is 30.0 Å². The molecular formula is C46H50IrN3O2S-. The van der Waals surface area contributed by atoms with Crippen LogP contribution in [-0.4, -0.2) is 15.9 Å². The van der Waals surface area contributed by atoms with E-state index in [1.165, 1.54) is 28.3 Å². The number of aliphatic hydroxyl groups excluding tert-OH is 1. The summed E-state index contributed by atoms with van der Waals surface area (Å²) in [4.78, 5) is 20.4. The van der Waals surface area contributed by atoms with E-state index in [0.29, 0.717) is 5.56 Å². The molecule has 0 atom stereocenters. The van der Waals surface area contributed by atoms with E-state index >= 15 is 0 Å². The van der Waals surface area contributed by atoms with Gasteiger partial charge in [-0.1, -0.05) is 96.0 Å². The summed E-state index contributed by atoms with van der Waals surface area (Å²) in [7, 11) is 0. The van der Waals surface area contributed by atoms with E-state index in [4.69, 9.17) is 11.6 Å². The number of carbonyl (C=O) groups excluding carboxylic acids is 1. The van der Waals surface area contributed by atoms with Crippen molar-refractivity contribution in [3.05, 3.63) is 111 Å². The van der Waals surface area contributed by atoms with Crippen LogP contribution < -0.4 is 0 Å². The van der Waals surface area contributed by atoms with Gasteiger partial charge in [-0.2, -0.15) is 5.26 Å². The maximum absolute atomic E-state index is 11.7. The number of nitrogens with zero attached hydrogens (tertiary/aromatic N) is 3. The Morgan fingerprint density at radius 2 is 1.68 bits per heavy atom. The minimum atomic E-state index is -0.612. The fourth-order valence-electron chi connectivity index (χ4n) is 7.84. The molecule has 0 amide bonds. The molecule has 1 aliphatic rings. The molecule has 1 radical (unpaired) electrons. The number of hydrogen-bond donors (Lipinski definition) is 1. The Bertz CT molecular complexity index is 2290. The molecule has 1 aliphatic carbocycles. The van der Waals surface area contributed by atoms with Gasteiger partial charge in [0.15, 0.2) is 5.78 Å². The Morgan fingerprint density at radius 3 is 2.28 bits per heavy atom. The Balaban J connectivity index is 0.000000335. The van der Waals surface area contributed by atoms with Gasteiger partial charge in [0.05, 0.1) is 11.3 Å². The molecular weight excluding hydrogens is 851 g/mol. The van der Waals surface area contributed by atoms with Crippen LogP contribution in [0.4, 0.5) is 0 Å². The molecule has 1 N–H and O–H groups in total. The molecule has 0 spiro atoms. The first-order valence-corrected chi connectivity index (χ1v) is 19.3. The molecule has 2 heterocycles. The Labute approximate surface area is 333 Å². The number of benzene rings is 3. The zero-order valence-electron chi connectivity index (χ0n) is 32.6. The molecule has 0 unspecified atom stereocenters. The number of rotatable bonds is 9. The van der Waals surface area contributed by atoms with Crippen molar-refractivity contribution in [2.24, 2.45) is 11.8 Å². The van der Waals surface area contributed by atoms with Crippen molar-refractivity contribution in [2.75, 3.05) is 0 Å². The van der Waals surface area contributed by atoms with Crippen molar-refractivity contribution >= 4 is 37.3 Å². The molecule has 0 aliphatic heterocycles. The minimum absolute atomic E-state index is 0. The Morgan fingerprint density at radius 1 is 1.04 bits per heavy atom. The normalized spacial score (nSPS) is 13.2. The monoisotopic (exact) mass is 901 g/mol. The fraction of sp³-hybridized carbons (Fsp3) is 0.391. The molecule has 6 rings (SSSR count). The average molecular weight is 901 g/mol. The first-order valence-electron chi connectivity index (χ1n) is 18.5. The van der Waals surface area contributed by atoms with Crippen molar-refractivity contribution in [3.8, 4) is 28.5 Å². The van der Waals surface area contributed by atoms with E-state index in [2.05, 4.69) is 87.1 Å². The van der Waals surface area contributed by atoms with Crippen LogP contribution in [0.3, 0.4) is 0 Å². The summed E-state index contributed by atoms with van der Waals surface area (Å²) < 4.78 is 2.11. The summed E-state index contributed by atoms with van der Waals surface area (Å²) in [6.07, 6.45) is 6.61. The molecule has 0 saturated carbocycles. The quantitative estimate of drug-likeness (QED) is 0.0908. The first kappa shape index (κ1) is 41.6. The number of aryl methyl sites for hydroxylation is 2. The molecule has 7 heteroatoms. The number of fused-ring (bicyclic) bond motifs is 6. The second-order valence-corrected chi connectivity index (χ2v) is 16.0. The number of thiophene rings is 1. The third kappa shape index (κ3) is 7.50. The molecule has 3 aromatic carbocycles. The summed E-state index contributed by atoms with van der Waals surface area (Å²) in [5, 5.41) is 21.7. The van der Waals surface area contributed by atoms with Gasteiger partial charge in [0.1, 0.15) is 6.07 Å². The van der Waals surface area contributed by atoms with Gasteiger partial charge in [-0.25, -0.2) is 6.57 Å². The maximum atomic E-state index is 11.7. The van der Waals surface area contributed by atoms with Crippen molar-refractivity contribution in [2.45, 2.75) is 106 Å². The Hall–Kier alpha value is -4.13. The smallest absolute Gasteiger partial charge is 0.252 e. The molecule has 0 fully saturated rings. The summed E-state index contributed by atoms with van der Waals surface area (Å²) in [5.74, 6) is 0.547. The zero-order chi connectivity index (χ0) is 38.1. The van der Waals surface area contributed by atoms with Gasteiger partial charge in [-0.15, -0.1) is 40.2 Å². The molecule has 2 aromatic heterocycles. The third-order valence-electron chi connectivity index (χ3n) is 11.1. The first-order chi connectivity index (χ1) is 24.7. The number of nitriles is 1. The van der Waals surface area contributed by atoms with E-state index in [0.717, 1.165) is 73.8 Å². The number of allylic oxidation sites excluding steroid dienone is 2. The Kier molecular flexibility index (Phi) is 12.9. The van der Waals surface area contributed by atoms with Gasteiger partial charge in [0, 0.05) is 89.5 Å². The van der Waals surface area contributed by atoms with Gasteiger partial charge >= 0.3 is 0 Å². The summed E-state index contributed by atoms with van der Waals surface area (Å²) in [6, 6.07) is 21.0. The molecule has 277 valence electrons. The molecule has 5 aromatic rings. The number of aromatic nitrogens is 1. The van der Waals surface area contributed by atoms with Gasteiger partial charge in [0.25, 0.3) is 5.54 Å². The predicted molar refractivity (Wildman–Crippen MR) is 217 cm³/mol. The van der Waals surface area contributed by atoms with Crippen LogP contribution in [0.1, 0.15) is 114 Å². The van der Waals surface area contributed by atoms with Gasteiger partial charge in [-0.3, -0.25) is 4.79 Å². The standard InChI is InChI=1S/C33H26N3S.C13H24O2.Ir/c1-18-14-20(15-26-27(18)22-10-8-9-11-25(22)32(26,3)4)29-31-28(21(16-34)17-36-29)23-12-13-24(33(5,6)35-7)19(2)30(23)37-31;1-5-10(6-2)12(14)9-13(15)11(7-3)8-4;/h8-13,15,17H,1-6H3;9-11,14H,5-8H2,1-4H3;/q-1;;/b;12-9-;. The largest absolute Gasteiger partial charge is 0.512 e. The van der Waals surface area contributed by atoms with Gasteiger partial charge in [-0.05, 0) is 49.1 Å². The maximum Gasteiger partial charge on any atom is 0.252 e. The topological polar surface area (TPSA) is 78.3 Å². The number of aliphatic hydroxyl groups is 1. The van der Waals surface area contributed by atoms with Crippen LogP contribution in [0.15, 0.2) is 60.5 Å². The molecule has 0 saturated heterocycles. The molecule has 53 heavy (non-hydrogen) atoms. The van der Waals surface area contributed by atoms with Crippen LogP contribution in [0.5, 0.6) is 0 Å². The zero-order valence-corrected chi connectivity index (χ0v) is 35.8. The van der Waals surface area contributed by atoms with Crippen molar-refractivity contribution in [1.82, 2.24) is 4.98 Å². The fourth-order valence-corrected chi connectivity index (χ4v) is 9.17. The molecule has 5 nitrogen and oxygen atoms in total. The second kappa shape index (κ2) is 16.5. The van der Waals surface area contributed by atoms with E-state index in [9.17, 15) is 15.2 Å². The number of hydrogen-bond acceptors (Lipinski definition) is 5. The van der Waals surface area contributed by atoms with E-state index in [1.807, 2.05) is 41.5 Å². The van der Waals surface area contributed by atoms with Crippen LogP contribution in [0.25, 0.3) is 47.4 Å². The van der Waals surface area contributed by atoms with E-state index < -0.39 is 5.54 Å². The van der Waals surface area contributed by atoms with E-state index in [1.54, 1.807) is 17.5 Å². The number of pyridine rings is 1. The number of carbonyl (C=O) groups is 1. The van der Waals surface area contributed by atoms with E-state index in [-0.39, 0.29) is 48.9 Å². The van der Waals surface area contributed by atoms with Crippen molar-refractivity contribution in [1.29, 1.82) is 5.26 Å². The SMILES string of the molecule is CCC(CC)C(=O)/C=C(\O)C(CC)CC.[C-]#[N+]C(C)(C)c1ccc2c(sc3c(-c4[c-]c(C)c5c(c4)C(C)(C)c4ccccc4-5)ncc(C#N)c32)c1C.[Ir]. The van der Waals surface area contributed by atoms with Crippen molar-refractivity contribution in [3.63, 3.8) is 0 Å². The van der Waals surface area contributed by atoms with Gasteiger partial charge < -0.3 is 14.9 Å². The second-order valence-electron chi connectivity index (χ2n) is 15.0. The summed E-state index contributed by atoms with van der Waals surface area (Å²) >= 11 is 1.67. The third-order valence-corrected chi connectivity index (χ3v) is 12.4. The predicted octanol–water partition coefficient (Wildman–Crippen LogP) is 12.7. The van der Waals surface area contributed by atoms with Crippen LogP contribution in [-0.2, 0) is 35.9 Å². The van der Waals surface area contributed by atoms with Crippen LogP contribution >= 0.6 is 11.3 Å². The average Bonchev–Trinajstić information content (AvgIpc) is 3.63. The molecule has 0 bridgehead atoms.